The average molecular weight is 386 g/mol. The van der Waals surface area contributed by atoms with E-state index in [0.29, 0.717) is 30.6 Å². The second-order valence-corrected chi connectivity index (χ2v) is 7.06. The summed E-state index contributed by atoms with van der Waals surface area (Å²) in [7, 11) is 0. The van der Waals surface area contributed by atoms with Gasteiger partial charge in [-0.15, -0.1) is 12.4 Å². The summed E-state index contributed by atoms with van der Waals surface area (Å²) in [4.78, 5) is 25.7. The van der Waals surface area contributed by atoms with E-state index in [1.54, 1.807) is 18.2 Å². The van der Waals surface area contributed by atoms with E-state index in [-0.39, 0.29) is 29.4 Å². The molecule has 2 atom stereocenters. The van der Waals surface area contributed by atoms with Gasteiger partial charge < -0.3 is 5.11 Å². The van der Waals surface area contributed by atoms with Crippen molar-refractivity contribution in [2.75, 3.05) is 13.1 Å². The van der Waals surface area contributed by atoms with E-state index < -0.39 is 17.8 Å². The summed E-state index contributed by atoms with van der Waals surface area (Å²) >= 11 is 4.44. The Labute approximate surface area is 157 Å². The zero-order valence-corrected chi connectivity index (χ0v) is 15.3. The minimum Gasteiger partial charge on any atom is -0.478 e. The molecule has 0 amide bonds. The normalized spacial score (nSPS) is 23.8. The molecular formula is C18H21ClFNO3S. The summed E-state index contributed by atoms with van der Waals surface area (Å²) in [6.45, 7) is 0.903. The van der Waals surface area contributed by atoms with Crippen molar-refractivity contribution in [3.63, 3.8) is 0 Å². The Balaban J connectivity index is 0.00000225. The number of aliphatic carboxylic acids is 1. The second-order valence-electron chi connectivity index (χ2n) is 6.43. The summed E-state index contributed by atoms with van der Waals surface area (Å²) in [5, 5.41) is 8.88. The Morgan fingerprint density at radius 2 is 1.96 bits per heavy atom. The third-order valence-electron chi connectivity index (χ3n) is 4.63. The van der Waals surface area contributed by atoms with Gasteiger partial charge in [-0.05, 0) is 30.9 Å². The van der Waals surface area contributed by atoms with Gasteiger partial charge in [-0.3, -0.25) is 9.69 Å². The summed E-state index contributed by atoms with van der Waals surface area (Å²) in [6, 6.07) is 5.69. The summed E-state index contributed by atoms with van der Waals surface area (Å²) in [5.41, 5.74) is 1.03. The molecular weight excluding hydrogens is 365 g/mol. The molecule has 1 saturated carbocycles. The molecule has 1 N–H and O–H groups in total. The first-order valence-electron chi connectivity index (χ1n) is 8.11. The third-order valence-corrected chi connectivity index (χ3v) is 5.22. The van der Waals surface area contributed by atoms with Crippen molar-refractivity contribution in [1.82, 2.24) is 4.90 Å². The topological polar surface area (TPSA) is 57.6 Å². The number of ketones is 1. The molecule has 4 nitrogen and oxygen atoms in total. The fourth-order valence-electron chi connectivity index (χ4n) is 3.23. The molecule has 1 heterocycles. The number of rotatable bonds is 5. The molecule has 1 aromatic carbocycles. The van der Waals surface area contributed by atoms with E-state index in [1.807, 2.05) is 4.90 Å². The molecule has 2 fully saturated rings. The van der Waals surface area contributed by atoms with Crippen LogP contribution in [0.3, 0.4) is 0 Å². The number of carboxylic acids is 1. The van der Waals surface area contributed by atoms with Crippen molar-refractivity contribution in [2.45, 2.75) is 30.6 Å². The number of carbonyl (C=O) groups is 2. The van der Waals surface area contributed by atoms with Crippen LogP contribution in [0.5, 0.6) is 0 Å². The number of Topliss-reactive ketones (excluding diaryl/α,β-unsaturated/α-hetero) is 1. The van der Waals surface area contributed by atoms with Crippen molar-refractivity contribution >= 4 is 36.8 Å². The van der Waals surface area contributed by atoms with Crippen LogP contribution < -0.4 is 0 Å². The van der Waals surface area contributed by atoms with Gasteiger partial charge in [0.25, 0.3) is 0 Å². The lowest BCUT2D eigenvalue weighted by molar-refractivity contribution is -0.131. The van der Waals surface area contributed by atoms with Gasteiger partial charge in [-0.2, -0.15) is 12.6 Å². The van der Waals surface area contributed by atoms with Crippen molar-refractivity contribution in [3.8, 4) is 0 Å². The van der Waals surface area contributed by atoms with Crippen LogP contribution in [0.25, 0.3) is 0 Å². The molecule has 0 aromatic heterocycles. The van der Waals surface area contributed by atoms with Crippen LogP contribution in [0.4, 0.5) is 4.39 Å². The van der Waals surface area contributed by atoms with E-state index in [4.69, 9.17) is 5.11 Å². The molecule has 1 aliphatic heterocycles. The van der Waals surface area contributed by atoms with Gasteiger partial charge in [0.2, 0.25) is 0 Å². The largest absolute Gasteiger partial charge is 0.478 e. The second kappa shape index (κ2) is 8.34. The fourth-order valence-corrected chi connectivity index (χ4v) is 3.50. The summed E-state index contributed by atoms with van der Waals surface area (Å²) < 4.78 is 14.3. The number of benzene rings is 1. The maximum Gasteiger partial charge on any atom is 0.328 e. The molecule has 3 rings (SSSR count). The van der Waals surface area contributed by atoms with Gasteiger partial charge in [0.15, 0.2) is 5.78 Å². The van der Waals surface area contributed by atoms with Gasteiger partial charge in [0, 0.05) is 35.9 Å². The highest BCUT2D eigenvalue weighted by atomic mass is 35.5. The Hall–Kier alpha value is -1.37. The number of nitrogens with zero attached hydrogens (tertiary/aromatic N) is 1. The number of hydrogen-bond acceptors (Lipinski definition) is 4. The number of carboxylic acid groups (broad SMARTS) is 1. The zero-order valence-electron chi connectivity index (χ0n) is 13.6. The molecule has 1 aliphatic carbocycles. The van der Waals surface area contributed by atoms with E-state index >= 15 is 0 Å². The Bertz CT molecular complexity index is 693. The molecule has 0 radical (unpaired) electrons. The lowest BCUT2D eigenvalue weighted by atomic mass is 9.93. The van der Waals surface area contributed by atoms with Crippen LogP contribution in [0.15, 0.2) is 35.9 Å². The number of hydrogen-bond donors (Lipinski definition) is 2. The van der Waals surface area contributed by atoms with Crippen LogP contribution in [-0.4, -0.2) is 40.1 Å². The van der Waals surface area contributed by atoms with Gasteiger partial charge in [0.05, 0.1) is 6.04 Å². The Morgan fingerprint density at radius 3 is 2.56 bits per heavy atom. The highest BCUT2D eigenvalue weighted by Crippen LogP contribution is 2.39. The maximum absolute atomic E-state index is 14.3. The van der Waals surface area contributed by atoms with Gasteiger partial charge in [0.1, 0.15) is 5.82 Å². The van der Waals surface area contributed by atoms with Crippen molar-refractivity contribution in [1.29, 1.82) is 0 Å². The van der Waals surface area contributed by atoms with Crippen molar-refractivity contribution in [2.24, 2.45) is 5.92 Å². The van der Waals surface area contributed by atoms with Crippen LogP contribution in [0, 0.1) is 11.7 Å². The van der Waals surface area contributed by atoms with Crippen molar-refractivity contribution < 1.29 is 19.1 Å². The highest BCUT2D eigenvalue weighted by Gasteiger charge is 2.40. The van der Waals surface area contributed by atoms with Crippen LogP contribution in [0.2, 0.25) is 0 Å². The number of likely N-dealkylation sites (tertiary alicyclic amines) is 1. The molecule has 136 valence electrons. The van der Waals surface area contributed by atoms with Gasteiger partial charge in [-0.25, -0.2) is 9.18 Å². The summed E-state index contributed by atoms with van der Waals surface area (Å²) in [5.74, 6) is -1.39. The van der Waals surface area contributed by atoms with E-state index in [0.717, 1.165) is 18.9 Å². The first-order chi connectivity index (χ1) is 11.5. The molecule has 2 aliphatic rings. The van der Waals surface area contributed by atoms with Crippen LogP contribution >= 0.6 is 25.0 Å². The summed E-state index contributed by atoms with van der Waals surface area (Å²) in [6.07, 6.45) is 3.49. The Kier molecular flexibility index (Phi) is 6.65. The minimum atomic E-state index is -1.03. The number of piperidine rings is 1. The number of carbonyl (C=O) groups excluding carboxylic acids is 1. The SMILES string of the molecule is Cl.O=C(O)/C=C1\CN(C(C(=O)C2CC2)c2ccccc2F)CCC1S. The maximum atomic E-state index is 14.3. The standard InChI is InChI=1S/C18H20FNO3S.ClH/c19-14-4-2-1-3-13(14)17(18(23)11-5-6-11)20-8-7-15(24)12(10-20)9-16(21)22;/h1-4,9,11,15,17,24H,5-8,10H2,(H,21,22);1H/b12-9+;. The fraction of sp³-hybridized carbons (Fsp3) is 0.444. The zero-order chi connectivity index (χ0) is 17.3. The molecule has 0 bridgehead atoms. The number of thiol groups is 1. The predicted octanol–water partition coefficient (Wildman–Crippen LogP) is 3.28. The first kappa shape index (κ1) is 19.9. The smallest absolute Gasteiger partial charge is 0.328 e. The molecule has 1 saturated heterocycles. The van der Waals surface area contributed by atoms with E-state index in [2.05, 4.69) is 12.6 Å². The Morgan fingerprint density at radius 1 is 1.28 bits per heavy atom. The van der Waals surface area contributed by atoms with Crippen molar-refractivity contribution in [3.05, 3.63) is 47.3 Å². The van der Waals surface area contributed by atoms with Crippen LogP contribution in [-0.2, 0) is 9.59 Å². The van der Waals surface area contributed by atoms with E-state index in [9.17, 15) is 14.0 Å². The first-order valence-corrected chi connectivity index (χ1v) is 8.62. The van der Waals surface area contributed by atoms with E-state index in [1.165, 1.54) is 6.07 Å². The average Bonchev–Trinajstić information content (AvgIpc) is 3.36. The van der Waals surface area contributed by atoms with Crippen LogP contribution in [0.1, 0.15) is 30.9 Å². The third kappa shape index (κ3) is 4.63. The van der Waals surface area contributed by atoms with Gasteiger partial charge in [-0.1, -0.05) is 18.2 Å². The minimum absolute atomic E-state index is 0. The quantitative estimate of drug-likeness (QED) is 0.603. The predicted molar refractivity (Wildman–Crippen MR) is 98.8 cm³/mol. The molecule has 0 spiro atoms. The lowest BCUT2D eigenvalue weighted by Crippen LogP contribution is -2.42. The molecule has 7 heteroatoms. The lowest BCUT2D eigenvalue weighted by Gasteiger charge is -2.37. The molecule has 2 unspecified atom stereocenters. The molecule has 25 heavy (non-hydrogen) atoms. The molecule has 1 aromatic rings. The highest BCUT2D eigenvalue weighted by molar-refractivity contribution is 7.81. The number of halogens is 2. The monoisotopic (exact) mass is 385 g/mol. The van der Waals surface area contributed by atoms with Gasteiger partial charge >= 0.3 is 5.97 Å².